The number of benzene rings is 3. The Morgan fingerprint density at radius 3 is 2.42 bits per heavy atom. The summed E-state index contributed by atoms with van der Waals surface area (Å²) in [4.78, 5) is 9.33. The molecule has 9 heteroatoms. The molecule has 1 aromatic heterocycles. The Kier molecular flexibility index (Phi) is 6.93. The highest BCUT2D eigenvalue weighted by Gasteiger charge is 2.24. The van der Waals surface area contributed by atoms with Crippen molar-refractivity contribution in [3.8, 4) is 5.75 Å². The largest absolute Gasteiger partial charge is 0.497 e. The molecule has 0 radical (unpaired) electrons. The van der Waals surface area contributed by atoms with E-state index in [2.05, 4.69) is 20.0 Å². The van der Waals surface area contributed by atoms with E-state index in [1.807, 2.05) is 48.5 Å². The van der Waals surface area contributed by atoms with Gasteiger partial charge in [-0.15, -0.1) is 0 Å². The maximum Gasteiger partial charge on any atom is 0.241 e. The van der Waals surface area contributed by atoms with E-state index in [0.29, 0.717) is 35.0 Å². The lowest BCUT2D eigenvalue weighted by Gasteiger charge is -2.28. The smallest absolute Gasteiger partial charge is 0.241 e. The minimum absolute atomic E-state index is 0.327. The Bertz CT molecular complexity index is 1480. The van der Waals surface area contributed by atoms with Gasteiger partial charge in [0, 0.05) is 23.9 Å². The van der Waals surface area contributed by atoms with E-state index in [1.165, 1.54) is 0 Å². The highest BCUT2D eigenvalue weighted by atomic mass is 32.2. The molecule has 1 heterocycles. The number of sulfonamides is 1. The van der Waals surface area contributed by atoms with Crippen LogP contribution in [0.25, 0.3) is 21.7 Å². The molecular formula is C27H31N5O3S. The molecule has 188 valence electrons. The second kappa shape index (κ2) is 10.3. The monoisotopic (exact) mass is 505 g/mol. The van der Waals surface area contributed by atoms with Gasteiger partial charge in [-0.1, -0.05) is 36.4 Å². The number of nitrogens with two attached hydrogens (primary N) is 1. The summed E-state index contributed by atoms with van der Waals surface area (Å²) in [6.45, 7) is 1.22. The van der Waals surface area contributed by atoms with Crippen LogP contribution in [0.4, 0.5) is 11.8 Å². The van der Waals surface area contributed by atoms with E-state index in [4.69, 9.17) is 10.5 Å². The van der Waals surface area contributed by atoms with Crippen molar-refractivity contribution in [1.29, 1.82) is 0 Å². The van der Waals surface area contributed by atoms with Crippen LogP contribution in [-0.2, 0) is 10.0 Å². The molecule has 3 aromatic carbocycles. The first-order valence-electron chi connectivity index (χ1n) is 12.3. The molecule has 0 spiro atoms. The van der Waals surface area contributed by atoms with Gasteiger partial charge in [0.25, 0.3) is 0 Å². The zero-order chi connectivity index (χ0) is 25.1. The van der Waals surface area contributed by atoms with Gasteiger partial charge < -0.3 is 15.8 Å². The van der Waals surface area contributed by atoms with Crippen LogP contribution in [0.2, 0.25) is 0 Å². The molecule has 1 aliphatic rings. The Morgan fingerprint density at radius 2 is 1.64 bits per heavy atom. The number of hydrogen-bond donors (Lipinski definition) is 3. The van der Waals surface area contributed by atoms with Crippen LogP contribution >= 0.6 is 0 Å². The molecule has 0 bridgehead atoms. The number of methoxy groups -OCH3 is 1. The van der Waals surface area contributed by atoms with Crippen molar-refractivity contribution >= 4 is 43.5 Å². The topological polar surface area (TPSA) is 119 Å². The molecule has 1 fully saturated rings. The van der Waals surface area contributed by atoms with E-state index in [0.717, 1.165) is 59.7 Å². The first-order valence-corrected chi connectivity index (χ1v) is 13.7. The van der Waals surface area contributed by atoms with Crippen LogP contribution in [0, 0.1) is 11.8 Å². The fourth-order valence-electron chi connectivity index (χ4n) is 4.95. The van der Waals surface area contributed by atoms with Crippen LogP contribution in [0.15, 0.2) is 65.6 Å². The van der Waals surface area contributed by atoms with Crippen LogP contribution in [0.1, 0.15) is 25.7 Å². The Labute approximate surface area is 211 Å². The highest BCUT2D eigenvalue weighted by Crippen LogP contribution is 2.30. The van der Waals surface area contributed by atoms with E-state index in [1.54, 1.807) is 19.2 Å². The Balaban J connectivity index is 1.14. The zero-order valence-corrected chi connectivity index (χ0v) is 21.1. The Morgan fingerprint density at radius 1 is 0.917 bits per heavy atom. The number of rotatable bonds is 8. The van der Waals surface area contributed by atoms with Crippen LogP contribution < -0.4 is 20.5 Å². The molecule has 0 saturated heterocycles. The number of hydrogen-bond acceptors (Lipinski definition) is 7. The number of fused-ring (bicyclic) bond motifs is 2. The number of nitrogens with one attached hydrogen (secondary N) is 2. The number of nitrogen functional groups attached to an aromatic ring is 1. The molecule has 5 rings (SSSR count). The molecule has 8 nitrogen and oxygen atoms in total. The molecule has 4 aromatic rings. The molecular weight excluding hydrogens is 474 g/mol. The zero-order valence-electron chi connectivity index (χ0n) is 20.3. The van der Waals surface area contributed by atoms with E-state index in [9.17, 15) is 8.42 Å². The van der Waals surface area contributed by atoms with E-state index >= 15 is 0 Å². The third kappa shape index (κ3) is 5.22. The summed E-state index contributed by atoms with van der Waals surface area (Å²) in [6, 6.07) is 18.5. The first-order chi connectivity index (χ1) is 17.4. The summed E-state index contributed by atoms with van der Waals surface area (Å²) in [5, 5.41) is 5.78. The van der Waals surface area contributed by atoms with Gasteiger partial charge in [0.15, 0.2) is 0 Å². The molecule has 0 atom stereocenters. The van der Waals surface area contributed by atoms with Gasteiger partial charge in [0.1, 0.15) is 11.6 Å². The van der Waals surface area contributed by atoms with E-state index in [-0.39, 0.29) is 0 Å². The molecule has 0 amide bonds. The second-order valence-corrected chi connectivity index (χ2v) is 11.1. The normalized spacial score (nSPS) is 18.4. The van der Waals surface area contributed by atoms with Crippen LogP contribution in [0.5, 0.6) is 5.75 Å². The third-order valence-electron chi connectivity index (χ3n) is 7.05. The van der Waals surface area contributed by atoms with Crippen molar-refractivity contribution in [2.24, 2.45) is 11.8 Å². The maximum absolute atomic E-state index is 13.0. The maximum atomic E-state index is 13.0. The first kappa shape index (κ1) is 24.3. The SMILES string of the molecule is COc1ccc2nc(NCC3CCC(CNS(=O)(=O)c4cccc5ccccc45)CC3)nc(N)c2c1. The molecule has 0 unspecified atom stereocenters. The van der Waals surface area contributed by atoms with Gasteiger partial charge in [0.2, 0.25) is 16.0 Å². The lowest BCUT2D eigenvalue weighted by Crippen LogP contribution is -2.32. The predicted octanol–water partition coefficient (Wildman–Crippen LogP) is 4.57. The van der Waals surface area contributed by atoms with Gasteiger partial charge in [-0.3, -0.25) is 0 Å². The summed E-state index contributed by atoms with van der Waals surface area (Å²) in [5.74, 6) is 2.47. The van der Waals surface area contributed by atoms with Crippen molar-refractivity contribution in [2.75, 3.05) is 31.2 Å². The second-order valence-electron chi connectivity index (χ2n) is 9.41. The van der Waals surface area contributed by atoms with Crippen molar-refractivity contribution in [1.82, 2.24) is 14.7 Å². The summed E-state index contributed by atoms with van der Waals surface area (Å²) < 4.78 is 34.1. The Hall–Kier alpha value is -3.43. The summed E-state index contributed by atoms with van der Waals surface area (Å²) in [6.07, 6.45) is 4.00. The van der Waals surface area contributed by atoms with Crippen molar-refractivity contribution in [3.63, 3.8) is 0 Å². The van der Waals surface area contributed by atoms with Crippen molar-refractivity contribution < 1.29 is 13.2 Å². The minimum Gasteiger partial charge on any atom is -0.497 e. The summed E-state index contributed by atoms with van der Waals surface area (Å²) in [7, 11) is -1.96. The van der Waals surface area contributed by atoms with Gasteiger partial charge in [-0.05, 0) is 67.2 Å². The molecule has 4 N–H and O–H groups in total. The fraction of sp³-hybridized carbons (Fsp3) is 0.333. The van der Waals surface area contributed by atoms with Gasteiger partial charge in [0.05, 0.1) is 17.5 Å². The number of aromatic nitrogens is 2. The average molecular weight is 506 g/mol. The predicted molar refractivity (Wildman–Crippen MR) is 144 cm³/mol. The third-order valence-corrected chi connectivity index (χ3v) is 8.53. The van der Waals surface area contributed by atoms with E-state index < -0.39 is 10.0 Å². The number of anilines is 2. The summed E-state index contributed by atoms with van der Waals surface area (Å²) in [5.41, 5.74) is 6.92. The lowest BCUT2D eigenvalue weighted by molar-refractivity contribution is 0.284. The highest BCUT2D eigenvalue weighted by molar-refractivity contribution is 7.89. The van der Waals surface area contributed by atoms with Crippen LogP contribution in [0.3, 0.4) is 0 Å². The number of ether oxygens (including phenoxy) is 1. The minimum atomic E-state index is -3.57. The molecule has 36 heavy (non-hydrogen) atoms. The molecule has 1 saturated carbocycles. The lowest BCUT2D eigenvalue weighted by atomic mass is 9.82. The standard InChI is InChI=1S/C27H31N5O3S/c1-35-21-13-14-24-23(15-21)26(28)32-27(31-24)29-16-18-9-11-19(12-10-18)17-30-36(33,34)25-8-4-6-20-5-2-3-7-22(20)25/h2-8,13-15,18-19,30H,9-12,16-17H2,1H3,(H3,28,29,31,32). The van der Waals surface area contributed by atoms with Crippen molar-refractivity contribution in [2.45, 2.75) is 30.6 Å². The van der Waals surface area contributed by atoms with Crippen LogP contribution in [-0.4, -0.2) is 38.6 Å². The van der Waals surface area contributed by atoms with Gasteiger partial charge >= 0.3 is 0 Å². The molecule has 1 aliphatic carbocycles. The number of nitrogens with zero attached hydrogens (tertiary/aromatic N) is 2. The van der Waals surface area contributed by atoms with Gasteiger partial charge in [-0.2, -0.15) is 4.98 Å². The van der Waals surface area contributed by atoms with Gasteiger partial charge in [-0.25, -0.2) is 18.1 Å². The molecule has 0 aliphatic heterocycles. The average Bonchev–Trinajstić information content (AvgIpc) is 2.91. The quantitative estimate of drug-likeness (QED) is 0.321. The van der Waals surface area contributed by atoms with Crippen molar-refractivity contribution in [3.05, 3.63) is 60.7 Å². The summed E-state index contributed by atoms with van der Waals surface area (Å²) >= 11 is 0. The fourth-order valence-corrected chi connectivity index (χ4v) is 6.29.